The largest absolute Gasteiger partial charge is 0.496 e. The second-order valence-electron chi connectivity index (χ2n) is 8.56. The van der Waals surface area contributed by atoms with E-state index in [0.717, 1.165) is 27.8 Å². The predicted molar refractivity (Wildman–Crippen MR) is 133 cm³/mol. The first-order valence-electron chi connectivity index (χ1n) is 11.4. The fourth-order valence-electron chi connectivity index (χ4n) is 4.37. The van der Waals surface area contributed by atoms with Gasteiger partial charge < -0.3 is 14.5 Å². The molecular formula is C28H26FN3O2. The molecule has 1 saturated heterocycles. The number of methoxy groups -OCH3 is 1. The maximum absolute atomic E-state index is 13.2. The Morgan fingerprint density at radius 3 is 2.29 bits per heavy atom. The number of hydrogen-bond acceptors (Lipinski definition) is 4. The number of nitrogens with zero attached hydrogens (tertiary/aromatic N) is 3. The van der Waals surface area contributed by atoms with Gasteiger partial charge in [0.15, 0.2) is 0 Å². The van der Waals surface area contributed by atoms with Gasteiger partial charge in [0.1, 0.15) is 11.6 Å². The molecule has 0 bridgehead atoms. The first kappa shape index (κ1) is 21.9. The highest BCUT2D eigenvalue weighted by molar-refractivity contribution is 6.00. The van der Waals surface area contributed by atoms with Crippen LogP contribution in [0.15, 0.2) is 72.8 Å². The number of pyridine rings is 1. The minimum absolute atomic E-state index is 0.00896. The van der Waals surface area contributed by atoms with Crippen LogP contribution in [0.4, 0.5) is 10.1 Å². The van der Waals surface area contributed by atoms with Crippen LogP contribution in [0.3, 0.4) is 0 Å². The molecule has 172 valence electrons. The average Bonchev–Trinajstić information content (AvgIpc) is 2.88. The molecule has 34 heavy (non-hydrogen) atoms. The monoisotopic (exact) mass is 455 g/mol. The number of benzene rings is 3. The Hall–Kier alpha value is -3.93. The molecule has 0 spiro atoms. The van der Waals surface area contributed by atoms with Gasteiger partial charge in [0.2, 0.25) is 0 Å². The lowest BCUT2D eigenvalue weighted by atomic mass is 10.0. The van der Waals surface area contributed by atoms with Crippen LogP contribution in [0.5, 0.6) is 5.75 Å². The van der Waals surface area contributed by atoms with Crippen LogP contribution in [0.1, 0.15) is 15.9 Å². The van der Waals surface area contributed by atoms with E-state index in [-0.39, 0.29) is 11.7 Å². The van der Waals surface area contributed by atoms with Gasteiger partial charge in [-0.1, -0.05) is 29.8 Å². The third kappa shape index (κ3) is 4.31. The van der Waals surface area contributed by atoms with Crippen molar-refractivity contribution in [2.24, 2.45) is 0 Å². The standard InChI is InChI=1S/C28H26FN3O2/c1-19-3-5-20(6-4-19)26-18-27(34-2)24-17-21(7-12-25(24)30-26)28(33)32-15-13-31(14-16-32)23-10-8-22(29)9-11-23/h3-12,17-18H,13-16H2,1-2H3. The first-order valence-corrected chi connectivity index (χ1v) is 11.4. The fraction of sp³-hybridized carbons (Fsp3) is 0.214. The Labute approximate surface area is 198 Å². The number of rotatable bonds is 4. The molecule has 6 heteroatoms. The number of amides is 1. The van der Waals surface area contributed by atoms with E-state index in [1.807, 2.05) is 41.3 Å². The molecule has 1 aromatic heterocycles. The number of aromatic nitrogens is 1. The Balaban J connectivity index is 1.36. The average molecular weight is 456 g/mol. The third-order valence-electron chi connectivity index (χ3n) is 6.34. The molecule has 0 aliphatic carbocycles. The molecule has 1 aliphatic heterocycles. The fourth-order valence-corrected chi connectivity index (χ4v) is 4.37. The van der Waals surface area contributed by atoms with Crippen molar-refractivity contribution in [3.05, 3.63) is 89.7 Å². The molecule has 3 aromatic carbocycles. The Kier molecular flexibility index (Phi) is 5.88. The number of hydrogen-bond donors (Lipinski definition) is 0. The Morgan fingerprint density at radius 1 is 0.912 bits per heavy atom. The molecule has 5 rings (SSSR count). The van der Waals surface area contributed by atoms with E-state index in [4.69, 9.17) is 9.72 Å². The van der Waals surface area contributed by atoms with Crippen LogP contribution in [-0.2, 0) is 0 Å². The number of carbonyl (C=O) groups is 1. The summed E-state index contributed by atoms with van der Waals surface area (Å²) in [6.07, 6.45) is 0. The Morgan fingerprint density at radius 2 is 1.62 bits per heavy atom. The summed E-state index contributed by atoms with van der Waals surface area (Å²) in [6, 6.07) is 22.2. The van der Waals surface area contributed by atoms with Crippen LogP contribution in [-0.4, -0.2) is 49.1 Å². The second-order valence-corrected chi connectivity index (χ2v) is 8.56. The maximum Gasteiger partial charge on any atom is 0.254 e. The third-order valence-corrected chi connectivity index (χ3v) is 6.34. The van der Waals surface area contributed by atoms with Gasteiger partial charge in [-0.3, -0.25) is 4.79 Å². The SMILES string of the molecule is COc1cc(-c2ccc(C)cc2)nc2ccc(C(=O)N3CCN(c4ccc(F)cc4)CC3)cc12. The molecule has 0 radical (unpaired) electrons. The Bertz CT molecular complexity index is 1330. The van der Waals surface area contributed by atoms with E-state index >= 15 is 0 Å². The molecule has 0 unspecified atom stereocenters. The predicted octanol–water partition coefficient (Wildman–Crippen LogP) is 5.32. The molecule has 1 fully saturated rings. The van der Waals surface area contributed by atoms with Gasteiger partial charge >= 0.3 is 0 Å². The summed E-state index contributed by atoms with van der Waals surface area (Å²) in [5.74, 6) is 0.437. The number of ether oxygens (including phenoxy) is 1. The molecule has 1 amide bonds. The van der Waals surface area contributed by atoms with E-state index < -0.39 is 0 Å². The summed E-state index contributed by atoms with van der Waals surface area (Å²) >= 11 is 0. The van der Waals surface area contributed by atoms with Gasteiger partial charge in [-0.25, -0.2) is 9.37 Å². The molecule has 0 saturated carbocycles. The minimum Gasteiger partial charge on any atom is -0.496 e. The number of piperazine rings is 1. The van der Waals surface area contributed by atoms with Crippen molar-refractivity contribution in [3.63, 3.8) is 0 Å². The van der Waals surface area contributed by atoms with Gasteiger partial charge in [0, 0.05) is 54.4 Å². The van der Waals surface area contributed by atoms with Crippen molar-refractivity contribution >= 4 is 22.5 Å². The minimum atomic E-state index is -0.246. The normalized spacial score (nSPS) is 13.9. The van der Waals surface area contributed by atoms with Crippen LogP contribution in [0, 0.1) is 12.7 Å². The van der Waals surface area contributed by atoms with Crippen molar-refractivity contribution in [2.75, 3.05) is 38.2 Å². The smallest absolute Gasteiger partial charge is 0.254 e. The number of aryl methyl sites for hydroxylation is 1. The van der Waals surface area contributed by atoms with Crippen LogP contribution in [0.25, 0.3) is 22.2 Å². The molecule has 0 atom stereocenters. The summed E-state index contributed by atoms with van der Waals surface area (Å²) in [5, 5.41) is 0.814. The topological polar surface area (TPSA) is 45.7 Å². The van der Waals surface area contributed by atoms with Gasteiger partial charge in [0.05, 0.1) is 18.3 Å². The second kappa shape index (κ2) is 9.14. The van der Waals surface area contributed by atoms with Gasteiger partial charge in [-0.05, 0) is 49.4 Å². The zero-order valence-electron chi connectivity index (χ0n) is 19.3. The molecule has 5 nitrogen and oxygen atoms in total. The first-order chi connectivity index (χ1) is 16.5. The lowest BCUT2D eigenvalue weighted by Crippen LogP contribution is -2.48. The zero-order chi connectivity index (χ0) is 23.7. The van der Waals surface area contributed by atoms with Crippen molar-refractivity contribution in [3.8, 4) is 17.0 Å². The van der Waals surface area contributed by atoms with Crippen molar-refractivity contribution in [1.29, 1.82) is 0 Å². The van der Waals surface area contributed by atoms with Gasteiger partial charge in [-0.2, -0.15) is 0 Å². The highest BCUT2D eigenvalue weighted by Gasteiger charge is 2.23. The van der Waals surface area contributed by atoms with Gasteiger partial charge in [0.25, 0.3) is 5.91 Å². The highest BCUT2D eigenvalue weighted by atomic mass is 19.1. The van der Waals surface area contributed by atoms with Crippen molar-refractivity contribution in [1.82, 2.24) is 9.88 Å². The van der Waals surface area contributed by atoms with E-state index in [1.165, 1.54) is 17.7 Å². The lowest BCUT2D eigenvalue weighted by Gasteiger charge is -2.36. The number of fused-ring (bicyclic) bond motifs is 1. The number of anilines is 1. The van der Waals surface area contributed by atoms with Crippen molar-refractivity contribution in [2.45, 2.75) is 6.92 Å². The molecular weight excluding hydrogens is 429 g/mol. The zero-order valence-corrected chi connectivity index (χ0v) is 19.3. The van der Waals surface area contributed by atoms with E-state index in [9.17, 15) is 9.18 Å². The molecule has 2 heterocycles. The molecule has 0 N–H and O–H groups in total. The van der Waals surface area contributed by atoms with E-state index in [1.54, 1.807) is 19.2 Å². The number of carbonyl (C=O) groups excluding carboxylic acids is 1. The number of halogens is 1. The quantitative estimate of drug-likeness (QED) is 0.418. The summed E-state index contributed by atoms with van der Waals surface area (Å²) < 4.78 is 18.9. The lowest BCUT2D eigenvalue weighted by molar-refractivity contribution is 0.0747. The summed E-state index contributed by atoms with van der Waals surface area (Å²) in [7, 11) is 1.64. The van der Waals surface area contributed by atoms with Gasteiger partial charge in [-0.15, -0.1) is 0 Å². The summed E-state index contributed by atoms with van der Waals surface area (Å²) in [6.45, 7) is 4.68. The van der Waals surface area contributed by atoms with Crippen LogP contribution in [0.2, 0.25) is 0 Å². The summed E-state index contributed by atoms with van der Waals surface area (Å²) in [4.78, 5) is 22.1. The van der Waals surface area contributed by atoms with E-state index in [2.05, 4.69) is 24.0 Å². The molecule has 4 aromatic rings. The summed E-state index contributed by atoms with van der Waals surface area (Å²) in [5.41, 5.74) is 5.42. The molecule has 1 aliphatic rings. The van der Waals surface area contributed by atoms with Crippen LogP contribution < -0.4 is 9.64 Å². The van der Waals surface area contributed by atoms with E-state index in [0.29, 0.717) is 37.5 Å². The highest BCUT2D eigenvalue weighted by Crippen LogP contribution is 2.31. The van der Waals surface area contributed by atoms with Crippen LogP contribution >= 0.6 is 0 Å². The van der Waals surface area contributed by atoms with Crippen molar-refractivity contribution < 1.29 is 13.9 Å². The maximum atomic E-state index is 13.2.